The second-order valence-electron chi connectivity index (χ2n) is 5.34. The number of halogens is 1. The zero-order valence-corrected chi connectivity index (χ0v) is 13.6. The molecule has 6 nitrogen and oxygen atoms in total. The van der Waals surface area contributed by atoms with E-state index in [1.165, 1.54) is 11.2 Å². The maximum absolute atomic E-state index is 12.2. The van der Waals surface area contributed by atoms with E-state index in [9.17, 15) is 9.59 Å². The van der Waals surface area contributed by atoms with Crippen LogP contribution in [0.4, 0.5) is 0 Å². The average Bonchev–Trinajstić information content (AvgIpc) is 2.93. The largest absolute Gasteiger partial charge is 0.480 e. The molecule has 2 rings (SSSR count). The number of carbonyl (C=O) groups is 2. The normalized spacial score (nSPS) is 10.8. The number of nitrogens with zero attached hydrogens (tertiary/aromatic N) is 2. The van der Waals surface area contributed by atoms with Gasteiger partial charge in [-0.3, -0.25) is 9.59 Å². The first-order valence-corrected chi connectivity index (χ1v) is 7.46. The minimum Gasteiger partial charge on any atom is -0.480 e. The highest BCUT2D eigenvalue weighted by Crippen LogP contribution is 2.21. The Balaban J connectivity index is 2.10. The summed E-state index contributed by atoms with van der Waals surface area (Å²) in [6.07, 6.45) is 1.39. The summed E-state index contributed by atoms with van der Waals surface area (Å²) in [4.78, 5) is 28.6. The molecule has 0 aliphatic rings. The van der Waals surface area contributed by atoms with Crippen molar-refractivity contribution in [3.63, 3.8) is 0 Å². The molecule has 23 heavy (non-hydrogen) atoms. The van der Waals surface area contributed by atoms with Crippen LogP contribution in [0.25, 0.3) is 11.5 Å². The van der Waals surface area contributed by atoms with Crippen LogP contribution in [0.15, 0.2) is 34.9 Å². The van der Waals surface area contributed by atoms with Gasteiger partial charge >= 0.3 is 5.97 Å². The standard InChI is InChI=1S/C16H17ClN2O4/c1-10(2)19(8-15(21)22)14(20)7-13-9-23-16(18-13)11-3-5-12(17)6-4-11/h3-6,9-10H,7-8H2,1-2H3,(H,21,22). The molecule has 1 N–H and O–H groups in total. The monoisotopic (exact) mass is 336 g/mol. The Labute approximate surface area is 138 Å². The van der Waals surface area contributed by atoms with Crippen molar-refractivity contribution < 1.29 is 19.1 Å². The van der Waals surface area contributed by atoms with Crippen LogP contribution in [0.5, 0.6) is 0 Å². The minimum absolute atomic E-state index is 0.0114. The maximum Gasteiger partial charge on any atom is 0.323 e. The van der Waals surface area contributed by atoms with Crippen LogP contribution < -0.4 is 0 Å². The summed E-state index contributed by atoms with van der Waals surface area (Å²) in [6, 6.07) is 6.77. The molecule has 1 heterocycles. The minimum atomic E-state index is -1.05. The zero-order valence-electron chi connectivity index (χ0n) is 12.8. The molecule has 1 aromatic carbocycles. The fourth-order valence-electron chi connectivity index (χ4n) is 2.07. The van der Waals surface area contributed by atoms with Gasteiger partial charge in [-0.15, -0.1) is 0 Å². The second kappa shape index (κ2) is 7.28. The molecule has 0 aliphatic heterocycles. The summed E-state index contributed by atoms with van der Waals surface area (Å²) in [5.74, 6) is -0.966. The molecule has 2 aromatic rings. The summed E-state index contributed by atoms with van der Waals surface area (Å²) >= 11 is 5.83. The molecule has 122 valence electrons. The molecule has 1 amide bonds. The predicted octanol–water partition coefficient (Wildman–Crippen LogP) is 2.86. The topological polar surface area (TPSA) is 83.6 Å². The zero-order chi connectivity index (χ0) is 17.0. The van der Waals surface area contributed by atoms with Crippen LogP contribution in [0.1, 0.15) is 19.5 Å². The SMILES string of the molecule is CC(C)N(CC(=O)O)C(=O)Cc1coc(-c2ccc(Cl)cc2)n1. The van der Waals surface area contributed by atoms with Gasteiger partial charge in [0.2, 0.25) is 11.8 Å². The van der Waals surface area contributed by atoms with Crippen LogP contribution in [-0.4, -0.2) is 39.5 Å². The number of aromatic nitrogens is 1. The Morgan fingerprint density at radius 2 is 1.96 bits per heavy atom. The molecular formula is C16H17ClN2O4. The Hall–Kier alpha value is -2.34. The van der Waals surface area contributed by atoms with Gasteiger partial charge in [-0.1, -0.05) is 11.6 Å². The van der Waals surface area contributed by atoms with Crippen LogP contribution in [-0.2, 0) is 16.0 Å². The molecule has 0 spiro atoms. The summed E-state index contributed by atoms with van der Waals surface area (Å²) in [5, 5.41) is 9.49. The van der Waals surface area contributed by atoms with E-state index in [0.717, 1.165) is 5.56 Å². The van der Waals surface area contributed by atoms with E-state index in [-0.39, 0.29) is 24.9 Å². The third-order valence-corrected chi connectivity index (χ3v) is 3.48. The summed E-state index contributed by atoms with van der Waals surface area (Å²) in [6.45, 7) is 3.20. The number of hydrogen-bond acceptors (Lipinski definition) is 4. The molecule has 7 heteroatoms. The number of hydrogen-bond donors (Lipinski definition) is 1. The number of amides is 1. The van der Waals surface area contributed by atoms with Gasteiger partial charge in [0, 0.05) is 16.6 Å². The highest BCUT2D eigenvalue weighted by molar-refractivity contribution is 6.30. The number of aliphatic carboxylic acids is 1. The van der Waals surface area contributed by atoms with Crippen molar-refractivity contribution in [1.29, 1.82) is 0 Å². The van der Waals surface area contributed by atoms with Gasteiger partial charge in [-0.25, -0.2) is 4.98 Å². The van der Waals surface area contributed by atoms with E-state index in [0.29, 0.717) is 16.6 Å². The van der Waals surface area contributed by atoms with Gasteiger partial charge < -0.3 is 14.4 Å². The molecular weight excluding hydrogens is 320 g/mol. The smallest absolute Gasteiger partial charge is 0.323 e. The van der Waals surface area contributed by atoms with Gasteiger partial charge in [-0.2, -0.15) is 0 Å². The first kappa shape index (κ1) is 17.0. The lowest BCUT2D eigenvalue weighted by Gasteiger charge is -2.24. The summed E-state index contributed by atoms with van der Waals surface area (Å²) in [5.41, 5.74) is 1.20. The van der Waals surface area contributed by atoms with Crippen LogP contribution in [0.2, 0.25) is 5.02 Å². The third-order valence-electron chi connectivity index (χ3n) is 3.22. The first-order chi connectivity index (χ1) is 10.9. The van der Waals surface area contributed by atoms with E-state index >= 15 is 0 Å². The van der Waals surface area contributed by atoms with Gasteiger partial charge in [0.1, 0.15) is 12.8 Å². The highest BCUT2D eigenvalue weighted by atomic mass is 35.5. The van der Waals surface area contributed by atoms with Gasteiger partial charge in [0.25, 0.3) is 0 Å². The van der Waals surface area contributed by atoms with Crippen molar-refractivity contribution in [2.75, 3.05) is 6.54 Å². The molecule has 0 bridgehead atoms. The number of carboxylic acid groups (broad SMARTS) is 1. The third kappa shape index (κ3) is 4.56. The molecule has 0 saturated heterocycles. The number of rotatable bonds is 6. The Bertz CT molecular complexity index is 694. The quantitative estimate of drug-likeness (QED) is 0.876. The Morgan fingerprint density at radius 3 is 2.52 bits per heavy atom. The van der Waals surface area contributed by atoms with Crippen molar-refractivity contribution in [3.05, 3.63) is 41.2 Å². The average molecular weight is 337 g/mol. The Morgan fingerprint density at radius 1 is 1.30 bits per heavy atom. The summed E-state index contributed by atoms with van der Waals surface area (Å²) < 4.78 is 5.37. The van der Waals surface area contributed by atoms with Gasteiger partial charge in [-0.05, 0) is 38.1 Å². The van der Waals surface area contributed by atoms with Crippen LogP contribution in [0, 0.1) is 0 Å². The molecule has 0 radical (unpaired) electrons. The van der Waals surface area contributed by atoms with Crippen molar-refractivity contribution in [3.8, 4) is 11.5 Å². The first-order valence-electron chi connectivity index (χ1n) is 7.08. The fourth-order valence-corrected chi connectivity index (χ4v) is 2.20. The number of oxazole rings is 1. The fraction of sp³-hybridized carbons (Fsp3) is 0.312. The van der Waals surface area contributed by atoms with E-state index in [4.69, 9.17) is 21.1 Å². The van der Waals surface area contributed by atoms with Crippen molar-refractivity contribution in [2.24, 2.45) is 0 Å². The van der Waals surface area contributed by atoms with E-state index in [2.05, 4.69) is 4.98 Å². The van der Waals surface area contributed by atoms with Crippen molar-refractivity contribution >= 4 is 23.5 Å². The molecule has 0 atom stereocenters. The lowest BCUT2D eigenvalue weighted by Crippen LogP contribution is -2.41. The number of carbonyl (C=O) groups excluding carboxylic acids is 1. The second-order valence-corrected chi connectivity index (χ2v) is 5.77. The highest BCUT2D eigenvalue weighted by Gasteiger charge is 2.21. The maximum atomic E-state index is 12.2. The van der Waals surface area contributed by atoms with Crippen molar-refractivity contribution in [2.45, 2.75) is 26.3 Å². The van der Waals surface area contributed by atoms with Gasteiger partial charge in [0.15, 0.2) is 0 Å². The van der Waals surface area contributed by atoms with Gasteiger partial charge in [0.05, 0.1) is 12.1 Å². The van der Waals surface area contributed by atoms with E-state index in [1.807, 2.05) is 0 Å². The Kier molecular flexibility index (Phi) is 5.39. The van der Waals surface area contributed by atoms with E-state index in [1.54, 1.807) is 38.1 Å². The lowest BCUT2D eigenvalue weighted by atomic mass is 10.2. The van der Waals surface area contributed by atoms with E-state index < -0.39 is 5.97 Å². The van der Waals surface area contributed by atoms with Crippen LogP contribution in [0.3, 0.4) is 0 Å². The predicted molar refractivity (Wildman–Crippen MR) is 85.1 cm³/mol. The molecule has 1 aromatic heterocycles. The molecule has 0 unspecified atom stereocenters. The summed E-state index contributed by atoms with van der Waals surface area (Å²) in [7, 11) is 0. The number of benzene rings is 1. The van der Waals surface area contributed by atoms with Crippen molar-refractivity contribution in [1.82, 2.24) is 9.88 Å². The number of carboxylic acids is 1. The lowest BCUT2D eigenvalue weighted by molar-refractivity contribution is -0.145. The molecule has 0 aliphatic carbocycles. The van der Waals surface area contributed by atoms with Crippen LogP contribution >= 0.6 is 11.6 Å². The molecule has 0 fully saturated rings. The molecule has 0 saturated carbocycles.